The van der Waals surface area contributed by atoms with Crippen LogP contribution in [-0.4, -0.2) is 20.8 Å². The number of carbonyl (C=O) groups excluding carboxylic acids is 1. The Morgan fingerprint density at radius 2 is 2.40 bits per heavy atom. The normalized spacial score (nSPS) is 10.2. The summed E-state index contributed by atoms with van der Waals surface area (Å²) in [4.78, 5) is 12.7. The fourth-order valence-corrected chi connectivity index (χ4v) is 1.34. The number of nitrogens with zero attached hydrogens (tertiary/aromatic N) is 3. The van der Waals surface area contributed by atoms with Crippen molar-refractivity contribution in [1.82, 2.24) is 15.0 Å². The van der Waals surface area contributed by atoms with Gasteiger partial charge in [0.15, 0.2) is 5.78 Å². The lowest BCUT2D eigenvalue weighted by Crippen LogP contribution is -2.04. The maximum atomic E-state index is 11.2. The van der Waals surface area contributed by atoms with Gasteiger partial charge in [0.25, 0.3) is 0 Å². The molecule has 75 valence electrons. The Labute approximate surface area is 87.5 Å². The number of aromatic nitrogens is 3. The number of rotatable bonds is 3. The van der Waals surface area contributed by atoms with Crippen molar-refractivity contribution in [1.29, 1.82) is 0 Å². The first kappa shape index (κ1) is 9.58. The zero-order chi connectivity index (χ0) is 10.7. The number of Topliss-reactive ketones (excluding diaryl/α,β-unsaturated/α-hetero) is 1. The van der Waals surface area contributed by atoms with Gasteiger partial charge in [-0.15, -0.1) is 0 Å². The van der Waals surface area contributed by atoms with E-state index in [1.807, 2.05) is 18.2 Å². The van der Waals surface area contributed by atoms with Gasteiger partial charge in [0.05, 0.1) is 12.7 Å². The molecule has 0 fully saturated rings. The highest BCUT2D eigenvalue weighted by Crippen LogP contribution is 2.06. The first-order chi connectivity index (χ1) is 7.25. The quantitative estimate of drug-likeness (QED) is 0.702. The Kier molecular flexibility index (Phi) is 2.58. The van der Waals surface area contributed by atoms with E-state index in [9.17, 15) is 4.79 Å². The molecule has 0 saturated heterocycles. The van der Waals surface area contributed by atoms with Crippen molar-refractivity contribution in [3.8, 4) is 0 Å². The van der Waals surface area contributed by atoms with Gasteiger partial charge in [-0.25, -0.2) is 0 Å². The van der Waals surface area contributed by atoms with Gasteiger partial charge >= 0.3 is 0 Å². The lowest BCUT2D eigenvalue weighted by atomic mass is 10.1. The molecule has 0 aliphatic heterocycles. The molecule has 0 aliphatic carbocycles. The Hall–Kier alpha value is -1.97. The van der Waals surface area contributed by atoms with Crippen LogP contribution in [0.1, 0.15) is 22.8 Å². The molecule has 0 amide bonds. The highest BCUT2D eigenvalue weighted by Gasteiger charge is 2.01. The highest BCUT2D eigenvalue weighted by atomic mass is 16.1. The molecule has 1 radical (unpaired) electrons. The minimum Gasteiger partial charge on any atom is -0.295 e. The Balaban J connectivity index is 2.22. The molecule has 4 heteroatoms. The molecular weight excluding hydrogens is 190 g/mol. The molecule has 0 N–H and O–H groups in total. The van der Waals surface area contributed by atoms with Crippen molar-refractivity contribution < 1.29 is 4.79 Å². The van der Waals surface area contributed by atoms with Crippen LogP contribution in [0.25, 0.3) is 0 Å². The van der Waals surface area contributed by atoms with E-state index in [4.69, 9.17) is 0 Å². The molecule has 2 aromatic rings. The average molecular weight is 200 g/mol. The van der Waals surface area contributed by atoms with Crippen LogP contribution < -0.4 is 0 Å². The van der Waals surface area contributed by atoms with Gasteiger partial charge in [-0.2, -0.15) is 15.0 Å². The lowest BCUT2D eigenvalue weighted by molar-refractivity contribution is 0.101. The molecule has 0 unspecified atom stereocenters. The van der Waals surface area contributed by atoms with Crippen molar-refractivity contribution >= 4 is 5.78 Å². The first-order valence-corrected chi connectivity index (χ1v) is 4.62. The van der Waals surface area contributed by atoms with Crippen LogP contribution >= 0.6 is 0 Å². The maximum absolute atomic E-state index is 11.2. The van der Waals surface area contributed by atoms with Crippen molar-refractivity contribution in [3.63, 3.8) is 0 Å². The molecule has 15 heavy (non-hydrogen) atoms. The van der Waals surface area contributed by atoms with Crippen LogP contribution in [0.3, 0.4) is 0 Å². The first-order valence-electron chi connectivity index (χ1n) is 4.62. The molecule has 0 bridgehead atoms. The largest absolute Gasteiger partial charge is 0.295 e. The molecule has 0 spiro atoms. The van der Waals surface area contributed by atoms with Crippen molar-refractivity contribution in [2.45, 2.75) is 13.5 Å². The second-order valence-electron chi connectivity index (χ2n) is 3.26. The second-order valence-corrected chi connectivity index (χ2v) is 3.26. The minimum atomic E-state index is 0.0665. The molecular formula is C11H10N3O. The zero-order valence-corrected chi connectivity index (χ0v) is 8.34. The zero-order valence-electron chi connectivity index (χ0n) is 8.34. The monoisotopic (exact) mass is 200 g/mol. The third kappa shape index (κ3) is 2.28. The van der Waals surface area contributed by atoms with E-state index < -0.39 is 0 Å². The fraction of sp³-hybridized carbons (Fsp3) is 0.182. The molecule has 1 heterocycles. The van der Waals surface area contributed by atoms with Gasteiger partial charge in [0.2, 0.25) is 0 Å². The van der Waals surface area contributed by atoms with Gasteiger partial charge in [-0.1, -0.05) is 18.2 Å². The standard InChI is InChI=1S/C11H10N3O/c1-9(15)11-4-2-3-10(7-11)8-14-12-5-6-13-14/h2-5,7H,8H2,1H3. The van der Waals surface area contributed by atoms with Crippen LogP contribution in [0.5, 0.6) is 0 Å². The van der Waals surface area contributed by atoms with Gasteiger partial charge < -0.3 is 0 Å². The Morgan fingerprint density at radius 1 is 1.53 bits per heavy atom. The van der Waals surface area contributed by atoms with Crippen molar-refractivity contribution in [2.75, 3.05) is 0 Å². The molecule has 4 nitrogen and oxygen atoms in total. The van der Waals surface area contributed by atoms with Gasteiger partial charge in [-0.3, -0.25) is 4.79 Å². The average Bonchev–Trinajstić information content (AvgIpc) is 2.71. The lowest BCUT2D eigenvalue weighted by Gasteiger charge is -2.02. The summed E-state index contributed by atoms with van der Waals surface area (Å²) in [5, 5.41) is 7.83. The third-order valence-corrected chi connectivity index (χ3v) is 2.08. The SMILES string of the molecule is CC(=O)c1cccc(Cn2n[c]cn2)c1. The molecule has 0 aliphatic rings. The fourth-order valence-electron chi connectivity index (χ4n) is 1.34. The minimum absolute atomic E-state index is 0.0665. The Morgan fingerprint density at radius 3 is 3.07 bits per heavy atom. The Bertz CT molecular complexity index is 462. The van der Waals surface area contributed by atoms with Gasteiger partial charge in [-0.05, 0) is 18.6 Å². The van der Waals surface area contributed by atoms with Crippen LogP contribution in [0, 0.1) is 6.20 Å². The number of hydrogen-bond donors (Lipinski definition) is 0. The molecule has 2 rings (SSSR count). The van der Waals surface area contributed by atoms with Crippen LogP contribution in [-0.2, 0) is 6.54 Å². The number of benzene rings is 1. The van der Waals surface area contributed by atoms with E-state index in [1.165, 1.54) is 11.0 Å². The topological polar surface area (TPSA) is 47.8 Å². The van der Waals surface area contributed by atoms with Crippen LogP contribution in [0.15, 0.2) is 30.5 Å². The number of ketones is 1. The van der Waals surface area contributed by atoms with Gasteiger partial charge in [0, 0.05) is 5.56 Å². The van der Waals surface area contributed by atoms with E-state index in [2.05, 4.69) is 16.4 Å². The molecule has 0 saturated carbocycles. The van der Waals surface area contributed by atoms with Crippen LogP contribution in [0.4, 0.5) is 0 Å². The summed E-state index contributed by atoms with van der Waals surface area (Å²) in [6.07, 6.45) is 4.13. The highest BCUT2D eigenvalue weighted by molar-refractivity contribution is 5.94. The number of carbonyl (C=O) groups is 1. The molecule has 1 aromatic heterocycles. The summed E-state index contributed by atoms with van der Waals surface area (Å²) in [6, 6.07) is 7.45. The predicted octanol–water partition coefficient (Wildman–Crippen LogP) is 1.33. The number of hydrogen-bond acceptors (Lipinski definition) is 3. The van der Waals surface area contributed by atoms with Crippen molar-refractivity contribution in [2.24, 2.45) is 0 Å². The third-order valence-electron chi connectivity index (χ3n) is 2.08. The summed E-state index contributed by atoms with van der Waals surface area (Å²) < 4.78 is 0. The molecule has 0 atom stereocenters. The molecule has 1 aromatic carbocycles. The summed E-state index contributed by atoms with van der Waals surface area (Å²) >= 11 is 0. The van der Waals surface area contributed by atoms with E-state index >= 15 is 0 Å². The summed E-state index contributed by atoms with van der Waals surface area (Å²) in [5.41, 5.74) is 1.72. The van der Waals surface area contributed by atoms with Gasteiger partial charge in [0.1, 0.15) is 6.20 Å². The summed E-state index contributed by atoms with van der Waals surface area (Å²) in [5.74, 6) is 0.0665. The summed E-state index contributed by atoms with van der Waals surface area (Å²) in [6.45, 7) is 2.11. The van der Waals surface area contributed by atoms with E-state index in [0.29, 0.717) is 12.1 Å². The van der Waals surface area contributed by atoms with E-state index in [1.54, 1.807) is 13.0 Å². The second kappa shape index (κ2) is 4.04. The summed E-state index contributed by atoms with van der Waals surface area (Å²) in [7, 11) is 0. The maximum Gasteiger partial charge on any atom is 0.159 e. The van der Waals surface area contributed by atoms with Crippen LogP contribution in [0.2, 0.25) is 0 Å². The van der Waals surface area contributed by atoms with E-state index in [-0.39, 0.29) is 5.78 Å². The predicted molar refractivity (Wildman–Crippen MR) is 54.4 cm³/mol. The van der Waals surface area contributed by atoms with E-state index in [0.717, 1.165) is 5.56 Å². The van der Waals surface area contributed by atoms with Crippen molar-refractivity contribution in [3.05, 3.63) is 47.8 Å². The smallest absolute Gasteiger partial charge is 0.159 e.